The average Bonchev–Trinajstić information content (AvgIpc) is 1.33. The number of rotatable bonds is 0. The normalized spacial score (nSPS) is 6.62. The van der Waals surface area contributed by atoms with Gasteiger partial charge in [-0.05, 0) is 0 Å². The van der Waals surface area contributed by atoms with Crippen LogP contribution in [0.1, 0.15) is 13.8 Å². The Morgan fingerprint density at radius 2 is 1.38 bits per heavy atom. The van der Waals surface area contributed by atoms with Crippen LogP contribution >= 0.6 is 0 Å². The minimum atomic E-state index is -1.11. The van der Waals surface area contributed by atoms with Gasteiger partial charge in [-0.3, -0.25) is 23.3 Å². The predicted molar refractivity (Wildman–Crippen MR) is 34.5 cm³/mol. The van der Waals surface area contributed by atoms with Gasteiger partial charge < -0.3 is 10.6 Å². The van der Waals surface area contributed by atoms with Crippen molar-refractivity contribution in [2.45, 2.75) is 13.8 Å². The van der Waals surface area contributed by atoms with Gasteiger partial charge in [0.15, 0.2) is 0 Å². The summed E-state index contributed by atoms with van der Waals surface area (Å²) >= 11 is 0. The summed E-state index contributed by atoms with van der Waals surface area (Å²) in [5.74, 6) is 0. The first kappa shape index (κ1) is 16.1. The van der Waals surface area contributed by atoms with Gasteiger partial charge in [-0.25, -0.2) is 0 Å². The molecule has 1 nitrogen and oxygen atoms in total. The molecule has 0 saturated heterocycles. The van der Waals surface area contributed by atoms with E-state index in [9.17, 15) is 4.21 Å². The molecule has 46 valence electrons. The minimum absolute atomic E-state index is 0. The second kappa shape index (κ2) is 15.7. The molecule has 0 fully saturated rings. The van der Waals surface area contributed by atoms with Gasteiger partial charge in [0, 0.05) is 0 Å². The molecule has 3 heteroatoms. The second-order valence-electron chi connectivity index (χ2n) is 1.02. The third-order valence-electron chi connectivity index (χ3n) is 0. The van der Waals surface area contributed by atoms with Crippen LogP contribution in [0.3, 0.4) is 0 Å². The van der Waals surface area contributed by atoms with Gasteiger partial charge in [0.2, 0.25) is 0 Å². The van der Waals surface area contributed by atoms with Crippen molar-refractivity contribution in [1.82, 2.24) is 0 Å². The van der Waals surface area contributed by atoms with Crippen molar-refractivity contribution in [3.8, 4) is 0 Å². The van der Waals surface area contributed by atoms with E-state index in [1.165, 1.54) is 0 Å². The van der Waals surface area contributed by atoms with E-state index in [1.54, 1.807) is 0 Å². The molecule has 0 aliphatic heterocycles. The Hall–Kier alpha value is 1.25. The van der Waals surface area contributed by atoms with Crippen LogP contribution in [0.15, 0.2) is 0 Å². The third kappa shape index (κ3) is 180. The van der Waals surface area contributed by atoms with Gasteiger partial charge >= 0.3 is 32.7 Å². The van der Waals surface area contributed by atoms with Gasteiger partial charge in [0.1, 0.15) is 0 Å². The zero-order valence-corrected chi connectivity index (χ0v) is 9.04. The van der Waals surface area contributed by atoms with E-state index in [2.05, 4.69) is 12.5 Å². The standard InChI is InChI=1S/C3H7.C2H4OS.Y/c1-3-2;1-4(2)3;/h3H,1-2H3;1-2H2;/q-1;-2;+3. The maximum Gasteiger partial charge on any atom is 3.00 e. The first-order valence-corrected chi connectivity index (χ1v) is 3.39. The van der Waals surface area contributed by atoms with Crippen LogP contribution in [0.2, 0.25) is 0 Å². The fraction of sp³-hybridized carbons (Fsp3) is 0.400. The van der Waals surface area contributed by atoms with Crippen molar-refractivity contribution in [3.05, 3.63) is 18.9 Å². The Labute approximate surface area is 80.0 Å². The Morgan fingerprint density at radius 1 is 1.38 bits per heavy atom. The first-order valence-electron chi connectivity index (χ1n) is 1.90. The largest absolute Gasteiger partial charge is 3.00 e. The van der Waals surface area contributed by atoms with Crippen molar-refractivity contribution in [2.24, 2.45) is 0 Å². The van der Waals surface area contributed by atoms with Crippen LogP contribution in [0.4, 0.5) is 0 Å². The fourth-order valence-corrected chi connectivity index (χ4v) is 0. The summed E-state index contributed by atoms with van der Waals surface area (Å²) in [4.78, 5) is 0. The summed E-state index contributed by atoms with van der Waals surface area (Å²) in [6, 6.07) is 0. The molecule has 0 amide bonds. The summed E-state index contributed by atoms with van der Waals surface area (Å²) in [6.07, 6.45) is 8.00. The number of hydrogen-bond donors (Lipinski definition) is 0. The van der Waals surface area contributed by atoms with E-state index in [-0.39, 0.29) is 32.7 Å². The van der Waals surface area contributed by atoms with Crippen LogP contribution in [0.5, 0.6) is 0 Å². The van der Waals surface area contributed by atoms with Crippen molar-refractivity contribution in [2.75, 3.05) is 0 Å². The third-order valence-corrected chi connectivity index (χ3v) is 0. The summed E-state index contributed by atoms with van der Waals surface area (Å²) in [5.41, 5.74) is 0. The Bertz CT molecular complexity index is 43.7. The average molecular weight is 208 g/mol. The van der Waals surface area contributed by atoms with Crippen LogP contribution in [-0.2, 0) is 43.5 Å². The quantitative estimate of drug-likeness (QED) is 0.552. The molecule has 0 heterocycles. The molecule has 8 heavy (non-hydrogen) atoms. The van der Waals surface area contributed by atoms with Gasteiger partial charge in [0.05, 0.1) is 0 Å². The fourth-order valence-electron chi connectivity index (χ4n) is 0. The molecule has 0 saturated carbocycles. The van der Waals surface area contributed by atoms with E-state index < -0.39 is 10.8 Å². The van der Waals surface area contributed by atoms with Gasteiger partial charge in [-0.15, -0.1) is 0 Å². The minimum Gasteiger partial charge on any atom is -0.335 e. The maximum atomic E-state index is 9.33. The Kier molecular flexibility index (Phi) is 31.7. The molecule has 0 aromatic heterocycles. The van der Waals surface area contributed by atoms with Gasteiger partial charge in [-0.2, -0.15) is 13.8 Å². The van der Waals surface area contributed by atoms with Crippen molar-refractivity contribution >= 4 is 10.8 Å². The summed E-state index contributed by atoms with van der Waals surface area (Å²) in [7, 11) is -1.11. The molecule has 0 aliphatic carbocycles. The zero-order valence-electron chi connectivity index (χ0n) is 5.39. The topological polar surface area (TPSA) is 17.1 Å². The SMILES string of the molecule is C[CH-]C.[CH2-]S([CH2-])=O.[Y+3]. The molecule has 0 atom stereocenters. The molecule has 0 bridgehead atoms. The van der Waals surface area contributed by atoms with E-state index in [0.29, 0.717) is 0 Å². The molecule has 0 aromatic carbocycles. The molecule has 0 rings (SSSR count). The molecule has 0 aliphatic rings. The summed E-state index contributed by atoms with van der Waals surface area (Å²) in [6.45, 7) is 4.00. The zero-order chi connectivity index (χ0) is 6.28. The summed E-state index contributed by atoms with van der Waals surface area (Å²) < 4.78 is 9.33. The van der Waals surface area contributed by atoms with Gasteiger partial charge in [0.25, 0.3) is 0 Å². The number of hydrogen-bond acceptors (Lipinski definition) is 1. The van der Waals surface area contributed by atoms with Crippen molar-refractivity contribution in [3.63, 3.8) is 0 Å². The van der Waals surface area contributed by atoms with Gasteiger partial charge in [-0.1, -0.05) is 0 Å². The van der Waals surface area contributed by atoms with Crippen LogP contribution in [0.25, 0.3) is 0 Å². The van der Waals surface area contributed by atoms with Crippen molar-refractivity contribution in [1.29, 1.82) is 0 Å². The molecular formula is C5H11OSY. The molecule has 0 aromatic rings. The first-order chi connectivity index (χ1) is 3.15. The molecule has 0 N–H and O–H groups in total. The molecule has 0 spiro atoms. The molecular weight excluding hydrogens is 197 g/mol. The van der Waals surface area contributed by atoms with Crippen LogP contribution in [-0.4, -0.2) is 4.21 Å². The maximum absolute atomic E-state index is 9.33. The van der Waals surface area contributed by atoms with E-state index in [4.69, 9.17) is 0 Å². The molecule has 0 radical (unpaired) electrons. The van der Waals surface area contributed by atoms with Crippen molar-refractivity contribution < 1.29 is 36.9 Å². The van der Waals surface area contributed by atoms with E-state index >= 15 is 0 Å². The molecule has 0 unspecified atom stereocenters. The van der Waals surface area contributed by atoms with Crippen LogP contribution < -0.4 is 0 Å². The monoisotopic (exact) mass is 208 g/mol. The van der Waals surface area contributed by atoms with E-state index in [1.807, 2.05) is 20.3 Å². The van der Waals surface area contributed by atoms with E-state index in [0.717, 1.165) is 0 Å². The summed E-state index contributed by atoms with van der Waals surface area (Å²) in [5, 5.41) is 0. The Balaban J connectivity index is -0.0000000575. The predicted octanol–water partition coefficient (Wildman–Crippen LogP) is 1.55. The smallest absolute Gasteiger partial charge is 0.335 e. The second-order valence-corrected chi connectivity index (χ2v) is 1.90. The van der Waals surface area contributed by atoms with Crippen LogP contribution in [0, 0.1) is 18.9 Å². The Morgan fingerprint density at radius 3 is 1.38 bits per heavy atom.